The van der Waals surface area contributed by atoms with Crippen molar-refractivity contribution in [3.63, 3.8) is 0 Å². The zero-order valence-electron chi connectivity index (χ0n) is 15.8. The largest absolute Gasteiger partial charge is 0.507 e. The molecule has 27 heavy (non-hydrogen) atoms. The summed E-state index contributed by atoms with van der Waals surface area (Å²) in [4.78, 5) is 14.6. The Hall–Kier alpha value is -3.01. The van der Waals surface area contributed by atoms with Gasteiger partial charge in [-0.3, -0.25) is 4.79 Å². The maximum Gasteiger partial charge on any atom is 0.256 e. The third kappa shape index (κ3) is 2.91. The van der Waals surface area contributed by atoms with Gasteiger partial charge in [-0.2, -0.15) is 0 Å². The lowest BCUT2D eigenvalue weighted by Gasteiger charge is -2.49. The second-order valence-electron chi connectivity index (χ2n) is 7.48. The molecule has 2 unspecified atom stereocenters. The number of carbonyl (C=O) groups is 1. The normalized spacial score (nSPS) is 26.0. The van der Waals surface area contributed by atoms with Gasteiger partial charge >= 0.3 is 0 Å². The minimum Gasteiger partial charge on any atom is -0.507 e. The van der Waals surface area contributed by atoms with Crippen LogP contribution in [0.3, 0.4) is 0 Å². The van der Waals surface area contributed by atoms with E-state index in [0.717, 1.165) is 16.9 Å². The standard InChI is InChI=1S/C23H23NO3/c1-15-8-10-16(11-9-15)12-13-19(25)21-18-14-23(2,24(3)22(21)26)27-20-7-5-4-6-17(18)20/h4-13,18,25H,14H2,1-3H3/b13-12?,21-19+. The second kappa shape index (κ2) is 6.31. The fourth-order valence-electron chi connectivity index (χ4n) is 3.87. The molecule has 0 spiro atoms. The Labute approximate surface area is 159 Å². The summed E-state index contributed by atoms with van der Waals surface area (Å²) in [5.41, 5.74) is 2.81. The van der Waals surface area contributed by atoms with Gasteiger partial charge in [0.1, 0.15) is 11.5 Å². The van der Waals surface area contributed by atoms with E-state index >= 15 is 0 Å². The van der Waals surface area contributed by atoms with Crippen LogP contribution < -0.4 is 4.74 Å². The Morgan fingerprint density at radius 1 is 1.22 bits per heavy atom. The smallest absolute Gasteiger partial charge is 0.256 e. The number of hydrogen-bond acceptors (Lipinski definition) is 3. The lowest BCUT2D eigenvalue weighted by Crippen LogP contribution is -2.59. The number of aryl methyl sites for hydroxylation is 1. The van der Waals surface area contributed by atoms with E-state index in [-0.39, 0.29) is 17.6 Å². The summed E-state index contributed by atoms with van der Waals surface area (Å²) in [7, 11) is 1.73. The number of amides is 1. The Bertz CT molecular complexity index is 958. The summed E-state index contributed by atoms with van der Waals surface area (Å²) in [6.45, 7) is 3.95. The lowest BCUT2D eigenvalue weighted by molar-refractivity contribution is -0.153. The molecule has 4 rings (SSSR count). The van der Waals surface area contributed by atoms with E-state index in [1.54, 1.807) is 18.0 Å². The van der Waals surface area contributed by atoms with Crippen molar-refractivity contribution in [1.82, 2.24) is 4.90 Å². The van der Waals surface area contributed by atoms with E-state index in [1.807, 2.05) is 68.5 Å². The minimum atomic E-state index is -0.708. The van der Waals surface area contributed by atoms with Crippen molar-refractivity contribution in [3.8, 4) is 5.75 Å². The molecule has 0 saturated carbocycles. The van der Waals surface area contributed by atoms with Gasteiger partial charge in [0.2, 0.25) is 0 Å². The van der Waals surface area contributed by atoms with Crippen LogP contribution in [-0.4, -0.2) is 28.7 Å². The summed E-state index contributed by atoms with van der Waals surface area (Å²) in [5.74, 6) is 0.389. The summed E-state index contributed by atoms with van der Waals surface area (Å²) in [5, 5.41) is 10.8. The third-order valence-corrected chi connectivity index (χ3v) is 5.59. The van der Waals surface area contributed by atoms with Gasteiger partial charge in [-0.15, -0.1) is 0 Å². The average molecular weight is 361 g/mol. The first kappa shape index (κ1) is 17.4. The van der Waals surface area contributed by atoms with Crippen LogP contribution in [0.5, 0.6) is 5.75 Å². The van der Waals surface area contributed by atoms with E-state index in [0.29, 0.717) is 12.0 Å². The van der Waals surface area contributed by atoms with E-state index in [1.165, 1.54) is 5.56 Å². The van der Waals surface area contributed by atoms with Crippen molar-refractivity contribution in [2.75, 3.05) is 7.05 Å². The molecule has 4 heteroatoms. The SMILES string of the molecule is Cc1ccc(C=C/C(O)=C2\C(=O)N(C)C3(C)CC2c2ccccc2O3)cc1. The molecule has 1 saturated heterocycles. The minimum absolute atomic E-state index is 0.0104. The van der Waals surface area contributed by atoms with Gasteiger partial charge in [0.05, 0.1) is 5.57 Å². The Morgan fingerprint density at radius 3 is 2.67 bits per heavy atom. The maximum atomic E-state index is 13.0. The van der Waals surface area contributed by atoms with Crippen LogP contribution in [-0.2, 0) is 4.79 Å². The van der Waals surface area contributed by atoms with Crippen molar-refractivity contribution in [3.05, 3.63) is 82.6 Å². The van der Waals surface area contributed by atoms with Crippen LogP contribution in [0.25, 0.3) is 6.08 Å². The number of carbonyl (C=O) groups excluding carboxylic acids is 1. The van der Waals surface area contributed by atoms with Crippen molar-refractivity contribution in [2.45, 2.75) is 31.9 Å². The predicted molar refractivity (Wildman–Crippen MR) is 105 cm³/mol. The molecule has 2 bridgehead atoms. The molecule has 1 amide bonds. The summed E-state index contributed by atoms with van der Waals surface area (Å²) >= 11 is 0. The number of benzene rings is 2. The number of likely N-dealkylation sites (N-methyl/N-ethyl adjacent to an activating group) is 1. The number of hydrogen-bond donors (Lipinski definition) is 1. The zero-order valence-corrected chi connectivity index (χ0v) is 15.8. The van der Waals surface area contributed by atoms with Gasteiger partial charge in [0, 0.05) is 24.9 Å². The van der Waals surface area contributed by atoms with E-state index in [4.69, 9.17) is 4.74 Å². The van der Waals surface area contributed by atoms with Crippen molar-refractivity contribution < 1.29 is 14.6 Å². The van der Waals surface area contributed by atoms with Crippen molar-refractivity contribution in [1.29, 1.82) is 0 Å². The van der Waals surface area contributed by atoms with Crippen molar-refractivity contribution in [2.24, 2.45) is 0 Å². The quantitative estimate of drug-likeness (QED) is 0.629. The van der Waals surface area contributed by atoms with Crippen molar-refractivity contribution >= 4 is 12.0 Å². The molecular formula is C23H23NO3. The Kier molecular flexibility index (Phi) is 4.06. The number of nitrogens with zero attached hydrogens (tertiary/aromatic N) is 1. The summed E-state index contributed by atoms with van der Waals surface area (Å²) in [6, 6.07) is 15.7. The first-order valence-electron chi connectivity index (χ1n) is 9.13. The maximum absolute atomic E-state index is 13.0. The highest BCUT2D eigenvalue weighted by Crippen LogP contribution is 2.49. The van der Waals surface area contributed by atoms with Crippen LogP contribution in [0.1, 0.15) is 36.0 Å². The topological polar surface area (TPSA) is 49.8 Å². The van der Waals surface area contributed by atoms with E-state index in [9.17, 15) is 9.90 Å². The molecule has 4 nitrogen and oxygen atoms in total. The Morgan fingerprint density at radius 2 is 1.93 bits per heavy atom. The van der Waals surface area contributed by atoms with Crippen LogP contribution in [0.15, 0.2) is 65.9 Å². The summed E-state index contributed by atoms with van der Waals surface area (Å²) in [6.07, 6.45) is 4.06. The fraction of sp³-hybridized carbons (Fsp3) is 0.261. The molecule has 0 radical (unpaired) electrons. The molecule has 138 valence electrons. The molecular weight excluding hydrogens is 338 g/mol. The molecule has 0 aromatic heterocycles. The van der Waals surface area contributed by atoms with Gasteiger partial charge < -0.3 is 14.7 Å². The second-order valence-corrected chi connectivity index (χ2v) is 7.48. The number of likely N-dealkylation sites (tertiary alicyclic amines) is 1. The van der Waals surface area contributed by atoms with Crippen LogP contribution in [0.4, 0.5) is 0 Å². The molecule has 0 aliphatic carbocycles. The third-order valence-electron chi connectivity index (χ3n) is 5.59. The molecule has 2 atom stereocenters. The van der Waals surface area contributed by atoms with E-state index < -0.39 is 5.72 Å². The number of para-hydroxylation sites is 1. The van der Waals surface area contributed by atoms with Gasteiger partial charge in [-0.05, 0) is 31.6 Å². The molecule has 1 N–H and O–H groups in total. The molecule has 2 aromatic rings. The van der Waals surface area contributed by atoms with E-state index in [2.05, 4.69) is 0 Å². The number of ether oxygens (including phenoxy) is 1. The molecule has 1 fully saturated rings. The lowest BCUT2D eigenvalue weighted by atomic mass is 9.77. The number of aliphatic hydroxyl groups excluding tert-OH is 1. The summed E-state index contributed by atoms with van der Waals surface area (Å²) < 4.78 is 6.12. The monoisotopic (exact) mass is 361 g/mol. The molecule has 2 aliphatic rings. The first-order chi connectivity index (χ1) is 12.9. The first-order valence-corrected chi connectivity index (χ1v) is 9.13. The molecule has 2 aromatic carbocycles. The Balaban J connectivity index is 1.78. The predicted octanol–water partition coefficient (Wildman–Crippen LogP) is 4.57. The average Bonchev–Trinajstić information content (AvgIpc) is 2.66. The van der Waals surface area contributed by atoms with Crippen LogP contribution in [0.2, 0.25) is 0 Å². The number of aliphatic hydroxyl groups is 1. The highest BCUT2D eigenvalue weighted by atomic mass is 16.5. The highest BCUT2D eigenvalue weighted by Gasteiger charge is 2.50. The van der Waals surface area contributed by atoms with Gasteiger partial charge in [0.15, 0.2) is 5.72 Å². The number of rotatable bonds is 2. The van der Waals surface area contributed by atoms with Gasteiger partial charge in [0.25, 0.3) is 5.91 Å². The van der Waals surface area contributed by atoms with Crippen LogP contribution in [0, 0.1) is 6.92 Å². The fourth-order valence-corrected chi connectivity index (χ4v) is 3.87. The number of piperidine rings is 1. The van der Waals surface area contributed by atoms with Crippen LogP contribution >= 0.6 is 0 Å². The van der Waals surface area contributed by atoms with Gasteiger partial charge in [-0.25, -0.2) is 0 Å². The number of fused-ring (bicyclic) bond motifs is 4. The number of allylic oxidation sites excluding steroid dienone is 1. The highest BCUT2D eigenvalue weighted by molar-refractivity contribution is 5.98. The van der Waals surface area contributed by atoms with Gasteiger partial charge in [-0.1, -0.05) is 54.1 Å². The molecule has 2 heterocycles. The zero-order chi connectivity index (χ0) is 19.2. The molecule has 2 aliphatic heterocycles.